The summed E-state index contributed by atoms with van der Waals surface area (Å²) in [6, 6.07) is 27.9. The van der Waals surface area contributed by atoms with Crippen LogP contribution in [0.25, 0.3) is 45.0 Å². The van der Waals surface area contributed by atoms with E-state index < -0.39 is 59.3 Å². The third kappa shape index (κ3) is 11.0. The van der Waals surface area contributed by atoms with Crippen LogP contribution in [0.3, 0.4) is 0 Å². The van der Waals surface area contributed by atoms with Crippen LogP contribution in [-0.4, -0.2) is 0 Å². The Hall–Kier alpha value is -6.52. The molecule has 4 aromatic carbocycles. The van der Waals surface area contributed by atoms with Crippen molar-refractivity contribution in [1.82, 2.24) is 0 Å². The third-order valence-corrected chi connectivity index (χ3v) is 15.5. The van der Waals surface area contributed by atoms with Crippen molar-refractivity contribution in [2.45, 2.75) is 144 Å². The molecule has 6 aliphatic carbocycles. The van der Waals surface area contributed by atoms with Gasteiger partial charge >= 0.3 is 0 Å². The van der Waals surface area contributed by atoms with Crippen LogP contribution in [-0.2, 0) is 72.9 Å². The first-order valence-electron chi connectivity index (χ1n) is 37.2. The van der Waals surface area contributed by atoms with Gasteiger partial charge in [0.1, 0.15) is 28.2 Å². The molecule has 1 fully saturated rings. The maximum atomic E-state index is 8.48. The fourth-order valence-electron chi connectivity index (χ4n) is 11.6. The first kappa shape index (κ1) is 31.5. The van der Waals surface area contributed by atoms with Crippen molar-refractivity contribution >= 4 is 0 Å². The van der Waals surface area contributed by atoms with Gasteiger partial charge in [-0.2, -0.15) is 0 Å². The molecule has 0 unspecified atom stereocenters. The highest BCUT2D eigenvalue weighted by Gasteiger charge is 2.39. The molecule has 0 aliphatic heterocycles. The molecule has 1 saturated carbocycles. The SMILES string of the molecule is [2H]C([2H])([2H])c1ccc(-c2c3c(cc[n+]2C)C([2H])([2H])CC3([2H])[2H])c(C)c1.[2H]C([2H])([2H])c1ccc(-c2c3c(cc[n+]2C)C([2H])([2H])CCC3([2H])[2H])c(C)c1.[2H]C([2H])([2H])c1ccc(-c2cc3c(c[n+]2C)CC2CC3C2)c(C)c1.[2H]C([2H])([2H])c1ccc(-c2cc3c(c[n+]2C)CCC3([2H])[2H])c(C)c1. The predicted molar refractivity (Wildman–Crippen MR) is 310 cm³/mol. The Morgan fingerprint density at radius 3 is 1.37 bits per heavy atom. The number of hydrogen-bond donors (Lipinski definition) is 0. The normalized spacial score (nSPS) is 24.7. The molecule has 0 amide bonds. The van der Waals surface area contributed by atoms with E-state index in [1.54, 1.807) is 116 Å². The van der Waals surface area contributed by atoms with E-state index in [1.807, 2.05) is 49.9 Å². The third-order valence-electron chi connectivity index (χ3n) is 15.5. The number of benzene rings is 4. The van der Waals surface area contributed by atoms with Crippen LogP contribution >= 0.6 is 0 Å². The van der Waals surface area contributed by atoms with E-state index in [2.05, 4.69) is 23.9 Å². The smallest absolute Gasteiger partial charge is 0.201 e. The molecule has 6 aliphatic rings. The molecular formula is C71H84N4+4. The van der Waals surface area contributed by atoms with E-state index >= 15 is 0 Å². The molecule has 4 nitrogen and oxygen atoms in total. The molecule has 4 aromatic heterocycles. The first-order chi connectivity index (χ1) is 44.6. The number of fused-ring (bicyclic) bond motifs is 3. The summed E-state index contributed by atoms with van der Waals surface area (Å²) >= 11 is 0. The van der Waals surface area contributed by atoms with Crippen LogP contribution in [0.5, 0.6) is 0 Å². The molecule has 0 saturated heterocycles. The summed E-state index contributed by atoms with van der Waals surface area (Å²) in [5.41, 5.74) is 17.7. The van der Waals surface area contributed by atoms with Gasteiger partial charge in [-0.25, -0.2) is 18.3 Å². The zero-order valence-electron chi connectivity index (χ0n) is 66.6. The summed E-state index contributed by atoms with van der Waals surface area (Å²) < 4.78 is 181. The second-order valence-corrected chi connectivity index (χ2v) is 21.0. The van der Waals surface area contributed by atoms with E-state index in [1.165, 1.54) is 42.1 Å². The topological polar surface area (TPSA) is 15.5 Å². The number of aromatic nitrogens is 4. The molecule has 75 heavy (non-hydrogen) atoms. The minimum Gasteiger partial charge on any atom is -0.201 e. The lowest BCUT2D eigenvalue weighted by atomic mass is 9.63. The Balaban J connectivity index is 0.000000141. The average molecular weight is 1020 g/mol. The lowest BCUT2D eigenvalue weighted by molar-refractivity contribution is -0.661. The molecule has 8 aromatic rings. The van der Waals surface area contributed by atoms with E-state index in [4.69, 9.17) is 30.2 Å². The van der Waals surface area contributed by atoms with Gasteiger partial charge in [-0.1, -0.05) is 70.8 Å². The van der Waals surface area contributed by atoms with E-state index in [-0.39, 0.29) is 30.4 Å². The van der Waals surface area contributed by atoms with Crippen LogP contribution in [0, 0.1) is 61.0 Å². The number of pyridine rings is 4. The Bertz CT molecular complexity index is 4390. The van der Waals surface area contributed by atoms with Gasteiger partial charge in [0.2, 0.25) is 22.8 Å². The molecular weight excluding hydrogens is 909 g/mol. The molecule has 4 heterocycles. The Morgan fingerprint density at radius 1 is 0.427 bits per heavy atom. The fourth-order valence-corrected chi connectivity index (χ4v) is 11.6. The molecule has 0 radical (unpaired) electrons. The predicted octanol–water partition coefficient (Wildman–Crippen LogP) is 14.1. The molecule has 2 bridgehead atoms. The number of hydrogen-bond acceptors (Lipinski definition) is 0. The summed E-state index contributed by atoms with van der Waals surface area (Å²) in [5.74, 6) is 1.64. The highest BCUT2D eigenvalue weighted by molar-refractivity contribution is 5.68. The second kappa shape index (κ2) is 22.0. The van der Waals surface area contributed by atoms with Crippen molar-refractivity contribution in [3.05, 3.63) is 211 Å². The van der Waals surface area contributed by atoms with Gasteiger partial charge in [-0.05, 0) is 219 Å². The van der Waals surface area contributed by atoms with Gasteiger partial charge in [-0.3, -0.25) is 0 Å². The summed E-state index contributed by atoms with van der Waals surface area (Å²) in [7, 11) is 7.62. The van der Waals surface area contributed by atoms with Crippen LogP contribution in [0.2, 0.25) is 0 Å². The van der Waals surface area contributed by atoms with Gasteiger partial charge in [0.05, 0.1) is 0 Å². The number of aryl methyl sites for hydroxylation is 16. The minimum absolute atomic E-state index is 0.108. The van der Waals surface area contributed by atoms with Crippen molar-refractivity contribution in [1.29, 1.82) is 0 Å². The Labute approximate surface area is 481 Å². The van der Waals surface area contributed by atoms with Crippen LogP contribution in [0.4, 0.5) is 0 Å². The summed E-state index contributed by atoms with van der Waals surface area (Å²) in [4.78, 5) is 0. The van der Waals surface area contributed by atoms with Gasteiger partial charge in [0.15, 0.2) is 24.8 Å². The molecule has 4 heteroatoms. The minimum atomic E-state index is -2.20. The van der Waals surface area contributed by atoms with Crippen LogP contribution in [0.1, 0.15) is 164 Å². The molecule has 384 valence electrons. The van der Waals surface area contributed by atoms with Gasteiger partial charge in [0, 0.05) is 98.9 Å². The summed E-state index contributed by atoms with van der Waals surface area (Å²) in [6.07, 6.45) is 4.90. The number of nitrogens with zero attached hydrogens (tertiary/aromatic N) is 4. The Kier molecular flexibility index (Phi) is 9.23. The molecule has 0 atom stereocenters. The van der Waals surface area contributed by atoms with Crippen LogP contribution < -0.4 is 18.3 Å². The molecule has 0 N–H and O–H groups in total. The maximum Gasteiger partial charge on any atom is 0.216 e. The van der Waals surface area contributed by atoms with Crippen molar-refractivity contribution in [3.8, 4) is 45.0 Å². The fraction of sp³-hybridized carbons (Fsp3) is 0.380. The van der Waals surface area contributed by atoms with E-state index in [0.717, 1.165) is 74.0 Å². The standard InChI is InChI=1S/C19H22N.C18H22N.2C17H20N/c1-12-4-5-17(13(2)6-12)19-10-18-15-7-14(8-15)9-16(18)11-20(19)3;1-13-8-9-16(14(2)12-13)18-17-7-5-4-6-15(17)10-11-19(18)3;1-12-7-8-16(13(2)9-12)17-10-14-5-4-6-15(14)11-18(17)3;1-12-7-8-15(13(2)11-12)17-16-6-4-5-14(16)9-10-18(17)3/h4-6,10-11,14-15H,7-9H2,1-3H3;8-12H,4-7H2,1-3H3;2*7-11H,4-6H2,1-3H3/q4*+1/i1D3;1D3,6D2,7D2;1D3,5D2;1D3,5D2,6D2. The van der Waals surface area contributed by atoms with Crippen molar-refractivity contribution in [2.24, 2.45) is 34.1 Å². The molecule has 0 spiro atoms. The van der Waals surface area contributed by atoms with E-state index in [0.29, 0.717) is 56.8 Å². The Morgan fingerprint density at radius 2 is 0.867 bits per heavy atom. The van der Waals surface area contributed by atoms with Crippen molar-refractivity contribution in [3.63, 3.8) is 0 Å². The average Bonchev–Trinajstić information content (AvgIpc) is 1.72. The quantitative estimate of drug-likeness (QED) is 0.156. The zero-order valence-corrected chi connectivity index (χ0v) is 44.6. The second-order valence-electron chi connectivity index (χ2n) is 21.0. The number of rotatable bonds is 4. The maximum absolute atomic E-state index is 8.48. The van der Waals surface area contributed by atoms with E-state index in [9.17, 15) is 0 Å². The van der Waals surface area contributed by atoms with Crippen molar-refractivity contribution in [2.75, 3.05) is 0 Å². The lowest BCUT2D eigenvalue weighted by Crippen LogP contribution is -2.37. The lowest BCUT2D eigenvalue weighted by Gasteiger charge is -2.41. The highest BCUT2D eigenvalue weighted by atomic mass is 14.9. The zero-order chi connectivity index (χ0) is 71.6. The van der Waals surface area contributed by atoms with Crippen molar-refractivity contribution < 1.29 is 48.4 Å². The van der Waals surface area contributed by atoms with Gasteiger partial charge in [0.25, 0.3) is 0 Å². The van der Waals surface area contributed by atoms with Crippen LogP contribution in [0.15, 0.2) is 122 Å². The van der Waals surface area contributed by atoms with Gasteiger partial charge in [-0.15, -0.1) is 0 Å². The largest absolute Gasteiger partial charge is 0.216 e. The highest BCUT2D eigenvalue weighted by Crippen LogP contribution is 2.50. The summed E-state index contributed by atoms with van der Waals surface area (Å²) in [6.45, 7) is -1.05. The first-order valence-corrected chi connectivity index (χ1v) is 26.2. The summed E-state index contributed by atoms with van der Waals surface area (Å²) in [5, 5.41) is 0. The van der Waals surface area contributed by atoms with Gasteiger partial charge < -0.3 is 0 Å². The monoisotopic (exact) mass is 1010 g/mol. The molecule has 14 rings (SSSR count).